The number of nitrogens with one attached hydrogen (secondary N) is 1. The third-order valence-electron chi connectivity index (χ3n) is 5.76. The molecule has 1 aromatic carbocycles. The molecule has 0 radical (unpaired) electrons. The molecule has 4 rings (SSSR count). The summed E-state index contributed by atoms with van der Waals surface area (Å²) in [5.41, 5.74) is 1.32. The van der Waals surface area contributed by atoms with E-state index < -0.39 is 11.6 Å². The Morgan fingerprint density at radius 1 is 1.23 bits per heavy atom. The van der Waals surface area contributed by atoms with Crippen molar-refractivity contribution < 1.29 is 18.4 Å². The number of carbonyl (C=O) groups excluding carboxylic acids is 2. The normalized spacial score (nSPS) is 18.8. The molecule has 1 aliphatic heterocycles. The number of rotatable bonds is 4. The number of fused-ring (bicyclic) bond motifs is 1. The van der Waals surface area contributed by atoms with Crippen molar-refractivity contribution in [3.05, 3.63) is 46.0 Å². The number of carbonyl (C=O) groups is 2. The SMILES string of the molecule is CC(=O)N1CCN(c2nc3c(s2)CC(C(=O)NCc2ccc(F)cc2F)CC3)CC1. The van der Waals surface area contributed by atoms with Crippen LogP contribution in [-0.4, -0.2) is 47.9 Å². The molecule has 2 aliphatic rings. The number of halogens is 2. The zero-order valence-corrected chi connectivity index (χ0v) is 17.6. The second-order valence-corrected chi connectivity index (χ2v) is 8.81. The number of aromatic nitrogens is 1. The summed E-state index contributed by atoms with van der Waals surface area (Å²) in [6.45, 7) is 4.56. The van der Waals surface area contributed by atoms with Crippen LogP contribution in [0.3, 0.4) is 0 Å². The number of nitrogens with zero attached hydrogens (tertiary/aromatic N) is 3. The summed E-state index contributed by atoms with van der Waals surface area (Å²) < 4.78 is 26.8. The molecule has 0 spiro atoms. The van der Waals surface area contributed by atoms with Gasteiger partial charge in [-0.3, -0.25) is 9.59 Å². The topological polar surface area (TPSA) is 65.5 Å². The lowest BCUT2D eigenvalue weighted by atomic mass is 9.90. The zero-order valence-electron chi connectivity index (χ0n) is 16.8. The first kappa shape index (κ1) is 20.7. The van der Waals surface area contributed by atoms with Crippen LogP contribution >= 0.6 is 11.3 Å². The Hall–Kier alpha value is -2.55. The molecule has 2 amide bonds. The van der Waals surface area contributed by atoms with Crippen molar-refractivity contribution >= 4 is 28.3 Å². The van der Waals surface area contributed by atoms with Crippen molar-refractivity contribution in [2.45, 2.75) is 32.7 Å². The minimum atomic E-state index is -0.654. The van der Waals surface area contributed by atoms with E-state index in [2.05, 4.69) is 10.2 Å². The largest absolute Gasteiger partial charge is 0.352 e. The van der Waals surface area contributed by atoms with E-state index in [0.717, 1.165) is 41.3 Å². The monoisotopic (exact) mass is 434 g/mol. The summed E-state index contributed by atoms with van der Waals surface area (Å²) in [6, 6.07) is 3.36. The molecule has 1 N–H and O–H groups in total. The predicted molar refractivity (Wildman–Crippen MR) is 110 cm³/mol. The van der Waals surface area contributed by atoms with Crippen LogP contribution in [0.4, 0.5) is 13.9 Å². The van der Waals surface area contributed by atoms with Crippen molar-refractivity contribution in [2.24, 2.45) is 5.92 Å². The van der Waals surface area contributed by atoms with Crippen molar-refractivity contribution in [3.8, 4) is 0 Å². The van der Waals surface area contributed by atoms with E-state index in [1.54, 1.807) is 18.3 Å². The van der Waals surface area contributed by atoms with E-state index in [-0.39, 0.29) is 29.8 Å². The van der Waals surface area contributed by atoms with Gasteiger partial charge in [0.2, 0.25) is 11.8 Å². The molecular weight excluding hydrogens is 410 g/mol. The molecule has 30 heavy (non-hydrogen) atoms. The van der Waals surface area contributed by atoms with E-state index in [1.165, 1.54) is 12.1 Å². The molecule has 0 bridgehead atoms. The zero-order chi connectivity index (χ0) is 21.3. The summed E-state index contributed by atoms with van der Waals surface area (Å²) >= 11 is 1.62. The van der Waals surface area contributed by atoms with Gasteiger partial charge in [0.1, 0.15) is 11.6 Å². The predicted octanol–water partition coefficient (Wildman–Crippen LogP) is 2.51. The number of aryl methyl sites for hydroxylation is 1. The second-order valence-electron chi connectivity index (χ2n) is 7.75. The third-order valence-corrected chi connectivity index (χ3v) is 6.94. The number of anilines is 1. The van der Waals surface area contributed by atoms with Gasteiger partial charge in [-0.1, -0.05) is 6.07 Å². The summed E-state index contributed by atoms with van der Waals surface area (Å²) in [6.07, 6.45) is 2.06. The molecule has 1 unspecified atom stereocenters. The third kappa shape index (κ3) is 4.45. The molecule has 160 valence electrons. The van der Waals surface area contributed by atoms with Gasteiger partial charge >= 0.3 is 0 Å². The fourth-order valence-electron chi connectivity index (χ4n) is 3.92. The fraction of sp³-hybridized carbons (Fsp3) is 0.476. The van der Waals surface area contributed by atoms with E-state index in [9.17, 15) is 18.4 Å². The van der Waals surface area contributed by atoms with Gasteiger partial charge in [-0.15, -0.1) is 11.3 Å². The molecule has 2 aromatic rings. The lowest BCUT2D eigenvalue weighted by Gasteiger charge is -2.33. The van der Waals surface area contributed by atoms with E-state index in [4.69, 9.17) is 4.98 Å². The van der Waals surface area contributed by atoms with Crippen molar-refractivity contribution in [1.82, 2.24) is 15.2 Å². The highest BCUT2D eigenvalue weighted by atomic mass is 32.1. The molecule has 0 saturated carbocycles. The number of amides is 2. The standard InChI is InChI=1S/C21H24F2N4O2S/c1-13(28)26-6-8-27(9-7-26)21-25-18-5-3-14(10-19(18)30-21)20(29)24-12-15-2-4-16(22)11-17(15)23/h2,4,11,14H,3,5-10,12H2,1H3,(H,24,29). The first-order valence-electron chi connectivity index (χ1n) is 10.1. The molecule has 1 aliphatic carbocycles. The summed E-state index contributed by atoms with van der Waals surface area (Å²) in [7, 11) is 0. The molecular formula is C21H24F2N4O2S. The Morgan fingerprint density at radius 3 is 2.70 bits per heavy atom. The number of hydrogen-bond acceptors (Lipinski definition) is 5. The van der Waals surface area contributed by atoms with E-state index in [1.807, 2.05) is 4.90 Å². The van der Waals surface area contributed by atoms with Crippen molar-refractivity contribution in [1.29, 1.82) is 0 Å². The Balaban J connectivity index is 1.34. The maximum Gasteiger partial charge on any atom is 0.223 e. The van der Waals surface area contributed by atoms with Crippen LogP contribution in [-0.2, 0) is 29.0 Å². The number of piperazine rings is 1. The maximum absolute atomic E-state index is 13.8. The van der Waals surface area contributed by atoms with Gasteiger partial charge in [-0.2, -0.15) is 0 Å². The lowest BCUT2D eigenvalue weighted by Crippen LogP contribution is -2.48. The Kier molecular flexibility index (Phi) is 5.99. The highest BCUT2D eigenvalue weighted by Crippen LogP contribution is 2.34. The summed E-state index contributed by atoms with van der Waals surface area (Å²) in [4.78, 5) is 34.0. The molecule has 6 nitrogen and oxygen atoms in total. The minimum absolute atomic E-state index is 0.0443. The molecule has 1 saturated heterocycles. The Bertz CT molecular complexity index is 956. The lowest BCUT2D eigenvalue weighted by molar-refractivity contribution is -0.129. The Morgan fingerprint density at radius 2 is 2.00 bits per heavy atom. The molecule has 1 aromatic heterocycles. The van der Waals surface area contributed by atoms with Crippen molar-refractivity contribution in [3.63, 3.8) is 0 Å². The molecule has 2 heterocycles. The van der Waals surface area contributed by atoms with Crippen LogP contribution in [0, 0.1) is 17.6 Å². The quantitative estimate of drug-likeness (QED) is 0.803. The molecule has 1 atom stereocenters. The van der Waals surface area contributed by atoms with Gasteiger partial charge in [0.05, 0.1) is 5.69 Å². The molecule has 1 fully saturated rings. The average Bonchev–Trinajstić information content (AvgIpc) is 3.16. The highest BCUT2D eigenvalue weighted by molar-refractivity contribution is 7.15. The van der Waals surface area contributed by atoms with Gasteiger partial charge in [-0.25, -0.2) is 13.8 Å². The first-order valence-corrected chi connectivity index (χ1v) is 10.9. The minimum Gasteiger partial charge on any atom is -0.352 e. The van der Waals surface area contributed by atoms with Crippen LogP contribution < -0.4 is 10.2 Å². The van der Waals surface area contributed by atoms with Gasteiger partial charge in [0, 0.05) is 62.1 Å². The highest BCUT2D eigenvalue weighted by Gasteiger charge is 2.29. The van der Waals surface area contributed by atoms with Gasteiger partial charge < -0.3 is 15.1 Å². The second kappa shape index (κ2) is 8.67. The maximum atomic E-state index is 13.8. The smallest absolute Gasteiger partial charge is 0.223 e. The Labute approximate surface area is 177 Å². The number of thiazole rings is 1. The van der Waals surface area contributed by atoms with Crippen LogP contribution in [0.25, 0.3) is 0 Å². The van der Waals surface area contributed by atoms with Crippen LogP contribution in [0.1, 0.15) is 29.5 Å². The van der Waals surface area contributed by atoms with Gasteiger partial charge in [-0.05, 0) is 25.3 Å². The van der Waals surface area contributed by atoms with E-state index >= 15 is 0 Å². The van der Waals surface area contributed by atoms with Gasteiger partial charge in [0.15, 0.2) is 5.13 Å². The van der Waals surface area contributed by atoms with E-state index in [0.29, 0.717) is 25.9 Å². The number of hydrogen-bond donors (Lipinski definition) is 1. The average molecular weight is 435 g/mol. The first-order chi connectivity index (χ1) is 14.4. The van der Waals surface area contributed by atoms with Crippen LogP contribution in [0.5, 0.6) is 0 Å². The summed E-state index contributed by atoms with van der Waals surface area (Å²) in [5.74, 6) is -1.48. The summed E-state index contributed by atoms with van der Waals surface area (Å²) in [5, 5.41) is 3.74. The molecule has 9 heteroatoms. The van der Waals surface area contributed by atoms with Crippen LogP contribution in [0.2, 0.25) is 0 Å². The fourth-order valence-corrected chi connectivity index (χ4v) is 5.16. The number of benzene rings is 1. The van der Waals surface area contributed by atoms with Crippen molar-refractivity contribution in [2.75, 3.05) is 31.1 Å². The van der Waals surface area contributed by atoms with Gasteiger partial charge in [0.25, 0.3) is 0 Å². The van der Waals surface area contributed by atoms with Crippen LogP contribution in [0.15, 0.2) is 18.2 Å².